The van der Waals surface area contributed by atoms with Crippen LogP contribution in [0.15, 0.2) is 60.7 Å². The van der Waals surface area contributed by atoms with Gasteiger partial charge in [0.2, 0.25) is 0 Å². The second kappa shape index (κ2) is 9.82. The molecule has 1 fully saturated rings. The van der Waals surface area contributed by atoms with Crippen molar-refractivity contribution in [2.75, 3.05) is 17.1 Å². The summed E-state index contributed by atoms with van der Waals surface area (Å²) in [7, 11) is -8.29. The van der Waals surface area contributed by atoms with E-state index in [9.17, 15) is 26.4 Å². The van der Waals surface area contributed by atoms with E-state index in [0.717, 1.165) is 17.9 Å². The number of hydrogen-bond donors (Lipinski definition) is 1. The molecule has 0 radical (unpaired) electrons. The Morgan fingerprint density at radius 1 is 1.08 bits per heavy atom. The lowest BCUT2D eigenvalue weighted by Crippen LogP contribution is -2.31. The predicted molar refractivity (Wildman–Crippen MR) is 132 cm³/mol. The van der Waals surface area contributed by atoms with Crippen molar-refractivity contribution in [1.29, 1.82) is 0 Å². The number of hydrogen-bond acceptors (Lipinski definition) is 8. The minimum absolute atomic E-state index is 0.0340. The van der Waals surface area contributed by atoms with Crippen molar-refractivity contribution in [3.05, 3.63) is 88.7 Å². The number of carbonyl (C=O) groups is 2. The normalized spacial score (nSPS) is 14.8. The zero-order valence-electron chi connectivity index (χ0n) is 19.6. The summed E-state index contributed by atoms with van der Waals surface area (Å²) in [6.07, 6.45) is 0.836. The van der Waals surface area contributed by atoms with Crippen LogP contribution in [0.5, 0.6) is 11.5 Å². The van der Waals surface area contributed by atoms with Gasteiger partial charge in [-0.05, 0) is 48.4 Å². The molecule has 0 aliphatic carbocycles. The molecular weight excluding hydrogens is 527 g/mol. The molecule has 194 valence electrons. The number of rotatable bonds is 7. The molecule has 1 aliphatic heterocycles. The van der Waals surface area contributed by atoms with Crippen molar-refractivity contribution in [2.45, 2.75) is 13.3 Å². The Morgan fingerprint density at radius 2 is 1.78 bits per heavy atom. The molecule has 1 saturated heterocycles. The largest absolute Gasteiger partial charge is 0.421 e. The van der Waals surface area contributed by atoms with E-state index in [1.165, 1.54) is 24.3 Å². The average Bonchev–Trinajstić information content (AvgIpc) is 3.06. The number of esters is 1. The van der Waals surface area contributed by atoms with Crippen LogP contribution in [0.25, 0.3) is 0 Å². The summed E-state index contributed by atoms with van der Waals surface area (Å²) in [5.41, 5.74) is 0.824. The molecule has 1 amide bonds. The van der Waals surface area contributed by atoms with Crippen LogP contribution in [0, 0.1) is 12.7 Å². The molecule has 0 saturated carbocycles. The molecule has 0 aromatic heterocycles. The average molecular weight is 549 g/mol. The second-order valence-corrected chi connectivity index (χ2v) is 11.5. The highest BCUT2D eigenvalue weighted by atomic mass is 32.2. The summed E-state index contributed by atoms with van der Waals surface area (Å²) in [5, 5.41) is 0. The minimum atomic E-state index is -4.42. The lowest BCUT2D eigenvalue weighted by molar-refractivity contribution is -0.117. The van der Waals surface area contributed by atoms with Gasteiger partial charge in [-0.25, -0.2) is 18.2 Å². The number of amides is 1. The topological polar surface area (TPSA) is 136 Å². The number of halogens is 1. The van der Waals surface area contributed by atoms with Crippen LogP contribution in [0.3, 0.4) is 0 Å². The maximum Gasteiger partial charge on any atom is 0.343 e. The summed E-state index contributed by atoms with van der Waals surface area (Å²) in [6.45, 7) is 1.03. The van der Waals surface area contributed by atoms with E-state index in [1.807, 2.05) is 0 Å². The van der Waals surface area contributed by atoms with Crippen molar-refractivity contribution >= 4 is 37.9 Å². The van der Waals surface area contributed by atoms with Crippen LogP contribution in [0.1, 0.15) is 27.0 Å². The first-order valence-corrected chi connectivity index (χ1v) is 14.0. The summed E-state index contributed by atoms with van der Waals surface area (Å²) in [6, 6.07) is 14.8. The minimum Gasteiger partial charge on any atom is -0.421 e. The third kappa shape index (κ3) is 6.06. The van der Waals surface area contributed by atoms with E-state index in [-0.39, 0.29) is 23.3 Å². The zero-order valence-corrected chi connectivity index (χ0v) is 21.2. The predicted octanol–water partition coefficient (Wildman–Crippen LogP) is 2.46. The van der Waals surface area contributed by atoms with E-state index in [4.69, 9.17) is 8.92 Å². The number of anilines is 1. The third-order valence-corrected chi connectivity index (χ3v) is 7.09. The van der Waals surface area contributed by atoms with Gasteiger partial charge < -0.3 is 8.92 Å². The Bertz CT molecular complexity index is 1610. The SMILES string of the molecule is Cc1ccc(Cc2cc(F)c(N3CC(=O)NS3(=O)=O)c(OC(=O)c3ccccc3)c2)c(OS(C)(=O)=O)c1. The first kappa shape index (κ1) is 26.1. The van der Waals surface area contributed by atoms with Gasteiger partial charge in [-0.3, -0.25) is 4.79 Å². The van der Waals surface area contributed by atoms with Gasteiger partial charge in [-0.2, -0.15) is 16.8 Å². The first-order valence-electron chi connectivity index (χ1n) is 10.7. The van der Waals surface area contributed by atoms with Crippen LogP contribution >= 0.6 is 0 Å². The van der Waals surface area contributed by atoms with Crippen LogP contribution in [-0.2, 0) is 31.5 Å². The van der Waals surface area contributed by atoms with Gasteiger partial charge in [-0.15, -0.1) is 0 Å². The fourth-order valence-electron chi connectivity index (χ4n) is 3.70. The Hall–Kier alpha value is -3.97. The van der Waals surface area contributed by atoms with E-state index in [1.54, 1.807) is 42.0 Å². The maximum absolute atomic E-state index is 15.5. The number of carbonyl (C=O) groups excluding carboxylic acids is 2. The van der Waals surface area contributed by atoms with E-state index >= 15 is 4.39 Å². The quantitative estimate of drug-likeness (QED) is 0.270. The van der Waals surface area contributed by atoms with Crippen molar-refractivity contribution in [3.63, 3.8) is 0 Å². The molecule has 4 rings (SSSR count). The van der Waals surface area contributed by atoms with Gasteiger partial charge in [-0.1, -0.05) is 30.3 Å². The van der Waals surface area contributed by atoms with Crippen LogP contribution in [0.2, 0.25) is 0 Å². The summed E-state index contributed by atoms with van der Waals surface area (Å²) >= 11 is 0. The third-order valence-electron chi connectivity index (χ3n) is 5.23. The fraction of sp³-hybridized carbons (Fsp3) is 0.167. The van der Waals surface area contributed by atoms with Crippen molar-refractivity contribution in [3.8, 4) is 11.5 Å². The first-order chi connectivity index (χ1) is 17.3. The van der Waals surface area contributed by atoms with Gasteiger partial charge in [0, 0.05) is 12.0 Å². The smallest absolute Gasteiger partial charge is 0.343 e. The zero-order chi connectivity index (χ0) is 27.0. The highest BCUT2D eigenvalue weighted by Gasteiger charge is 2.38. The molecule has 1 N–H and O–H groups in total. The molecule has 0 unspecified atom stereocenters. The molecule has 1 aliphatic rings. The molecular formula is C24H21FN2O8S2. The molecule has 0 atom stereocenters. The monoisotopic (exact) mass is 548 g/mol. The highest BCUT2D eigenvalue weighted by molar-refractivity contribution is 7.92. The van der Waals surface area contributed by atoms with Crippen molar-refractivity contribution in [2.24, 2.45) is 0 Å². The molecule has 0 bridgehead atoms. The molecule has 3 aromatic rings. The van der Waals surface area contributed by atoms with Crippen molar-refractivity contribution < 1.29 is 39.7 Å². The van der Waals surface area contributed by atoms with Gasteiger partial charge in [0.15, 0.2) is 11.6 Å². The van der Waals surface area contributed by atoms with Gasteiger partial charge in [0.1, 0.15) is 18.0 Å². The number of aryl methyl sites for hydroxylation is 1. The molecule has 13 heteroatoms. The molecule has 0 spiro atoms. The lowest BCUT2D eigenvalue weighted by atomic mass is 10.0. The highest BCUT2D eigenvalue weighted by Crippen LogP contribution is 2.37. The Balaban J connectivity index is 1.80. The Morgan fingerprint density at radius 3 is 2.41 bits per heavy atom. The number of benzene rings is 3. The van der Waals surface area contributed by atoms with E-state index in [2.05, 4.69) is 0 Å². The number of ether oxygens (including phenoxy) is 1. The van der Waals surface area contributed by atoms with Gasteiger partial charge in [0.05, 0.1) is 11.8 Å². The number of nitrogens with zero attached hydrogens (tertiary/aromatic N) is 1. The van der Waals surface area contributed by atoms with Crippen LogP contribution in [0.4, 0.5) is 10.1 Å². The standard InChI is InChI=1S/C24H21FN2O8S2/c1-15-8-9-18(20(10-15)35-36(2,30)31)11-16-12-19(25)23(27-14-22(28)26-37(27,32)33)21(13-16)34-24(29)17-6-4-3-5-7-17/h3-10,12-13H,11,14H2,1-2H3,(H,26,28). The Labute approximate surface area is 212 Å². The van der Waals surface area contributed by atoms with Gasteiger partial charge >= 0.3 is 26.3 Å². The lowest BCUT2D eigenvalue weighted by Gasteiger charge is -2.20. The Kier molecular flexibility index (Phi) is 6.93. The summed E-state index contributed by atoms with van der Waals surface area (Å²) < 4.78 is 76.5. The summed E-state index contributed by atoms with van der Waals surface area (Å²) in [4.78, 5) is 24.5. The summed E-state index contributed by atoms with van der Waals surface area (Å²) in [5.74, 6) is -3.25. The fourth-order valence-corrected chi connectivity index (χ4v) is 5.34. The molecule has 1 heterocycles. The number of nitrogens with one attached hydrogen (secondary N) is 1. The molecule has 3 aromatic carbocycles. The van der Waals surface area contributed by atoms with Crippen LogP contribution < -0.4 is 17.9 Å². The van der Waals surface area contributed by atoms with Crippen LogP contribution in [-0.4, -0.2) is 41.5 Å². The van der Waals surface area contributed by atoms with E-state index in [0.29, 0.717) is 9.87 Å². The van der Waals surface area contributed by atoms with E-state index < -0.39 is 56.0 Å². The van der Waals surface area contributed by atoms with Crippen molar-refractivity contribution in [1.82, 2.24) is 4.72 Å². The molecule has 10 nitrogen and oxygen atoms in total. The van der Waals surface area contributed by atoms with Gasteiger partial charge in [0.25, 0.3) is 5.91 Å². The molecule has 37 heavy (non-hydrogen) atoms. The second-order valence-electron chi connectivity index (χ2n) is 8.29. The maximum atomic E-state index is 15.5.